The summed E-state index contributed by atoms with van der Waals surface area (Å²) in [5.41, 5.74) is 4.33. The van der Waals surface area contributed by atoms with E-state index in [0.29, 0.717) is 0 Å². The molecule has 1 aromatic carbocycles. The number of benzene rings is 1. The minimum atomic E-state index is 0.115. The molecular weight excluding hydrogens is 409 g/mol. The quantitative estimate of drug-likeness (QED) is 0.532. The Kier molecular flexibility index (Phi) is 6.15. The summed E-state index contributed by atoms with van der Waals surface area (Å²) in [6, 6.07) is 4.67. The molecule has 0 spiro atoms. The van der Waals surface area contributed by atoms with Crippen molar-refractivity contribution in [3.63, 3.8) is 0 Å². The zero-order chi connectivity index (χ0) is 16.6. The van der Waals surface area contributed by atoms with E-state index in [-0.39, 0.29) is 10.8 Å². The Morgan fingerprint density at radius 2 is 1.29 bits per heavy atom. The lowest BCUT2D eigenvalue weighted by Gasteiger charge is -2.31. The van der Waals surface area contributed by atoms with Crippen molar-refractivity contribution in [1.82, 2.24) is 0 Å². The van der Waals surface area contributed by atoms with E-state index >= 15 is 0 Å². The fourth-order valence-corrected chi connectivity index (χ4v) is 4.50. The SMILES string of the molecule is CN(C)c1cc(C(C)(C)C)c(P=C(Br)Br)c(C(C)(C)C)c1. The lowest BCUT2D eigenvalue weighted by molar-refractivity contribution is 0.576. The highest BCUT2D eigenvalue weighted by atomic mass is 79.9. The van der Waals surface area contributed by atoms with Crippen molar-refractivity contribution in [2.45, 2.75) is 52.4 Å². The average Bonchev–Trinajstić information content (AvgIpc) is 2.24. The second kappa shape index (κ2) is 6.72. The smallest absolute Gasteiger partial charge is 0.0878 e. The van der Waals surface area contributed by atoms with Crippen LogP contribution in [0, 0.1) is 0 Å². The topological polar surface area (TPSA) is 3.24 Å². The van der Waals surface area contributed by atoms with Crippen LogP contribution in [0.5, 0.6) is 0 Å². The van der Waals surface area contributed by atoms with Crippen LogP contribution in [-0.2, 0) is 10.8 Å². The lowest BCUT2D eigenvalue weighted by Crippen LogP contribution is -2.28. The number of rotatable bonds is 2. The second-order valence-electron chi connectivity index (χ2n) is 7.64. The first-order chi connectivity index (χ1) is 9.34. The molecule has 0 fully saturated rings. The van der Waals surface area contributed by atoms with Crippen molar-refractivity contribution in [2.24, 2.45) is 0 Å². The van der Waals surface area contributed by atoms with E-state index in [2.05, 4.69) is 105 Å². The molecule has 0 unspecified atom stereocenters. The lowest BCUT2D eigenvalue weighted by atomic mass is 9.80. The van der Waals surface area contributed by atoms with Gasteiger partial charge >= 0.3 is 0 Å². The van der Waals surface area contributed by atoms with Crippen molar-refractivity contribution < 1.29 is 0 Å². The van der Waals surface area contributed by atoms with Crippen molar-refractivity contribution in [2.75, 3.05) is 19.0 Å². The van der Waals surface area contributed by atoms with Crippen molar-refractivity contribution in [3.8, 4) is 0 Å². The number of hydrogen-bond donors (Lipinski definition) is 0. The molecule has 0 heterocycles. The molecule has 0 atom stereocenters. The molecule has 0 aliphatic rings. The predicted molar refractivity (Wildman–Crippen MR) is 108 cm³/mol. The van der Waals surface area contributed by atoms with Gasteiger partial charge in [-0.1, -0.05) is 41.5 Å². The van der Waals surface area contributed by atoms with Crippen LogP contribution >= 0.6 is 40.1 Å². The van der Waals surface area contributed by atoms with Crippen molar-refractivity contribution in [1.29, 1.82) is 0 Å². The third-order valence-electron chi connectivity index (χ3n) is 3.42. The van der Waals surface area contributed by atoms with E-state index in [4.69, 9.17) is 0 Å². The van der Waals surface area contributed by atoms with E-state index in [1.165, 1.54) is 30.3 Å². The van der Waals surface area contributed by atoms with Crippen molar-refractivity contribution in [3.05, 3.63) is 23.3 Å². The molecule has 4 heteroatoms. The highest BCUT2D eigenvalue weighted by Crippen LogP contribution is 2.34. The van der Waals surface area contributed by atoms with E-state index in [0.717, 1.165) is 3.11 Å². The Hall–Kier alpha value is 0.150. The van der Waals surface area contributed by atoms with Crippen LogP contribution in [0.3, 0.4) is 0 Å². The highest BCUT2D eigenvalue weighted by molar-refractivity contribution is 9.41. The molecule has 21 heavy (non-hydrogen) atoms. The second-order valence-corrected chi connectivity index (χ2v) is 12.6. The van der Waals surface area contributed by atoms with Crippen LogP contribution in [0.25, 0.3) is 0 Å². The average molecular weight is 435 g/mol. The molecule has 118 valence electrons. The summed E-state index contributed by atoms with van der Waals surface area (Å²) < 4.78 is 1.07. The molecule has 0 aliphatic heterocycles. The molecule has 1 nitrogen and oxygen atoms in total. The van der Waals surface area contributed by atoms with Gasteiger partial charge in [0.2, 0.25) is 0 Å². The molecule has 0 aromatic heterocycles. The largest absolute Gasteiger partial charge is 0.378 e. The molecule has 1 aromatic rings. The number of hydrogen-bond acceptors (Lipinski definition) is 1. The van der Waals surface area contributed by atoms with Gasteiger partial charge in [-0.15, -0.1) is 0 Å². The summed E-state index contributed by atoms with van der Waals surface area (Å²) in [5.74, 6) is 0. The van der Waals surface area contributed by atoms with Gasteiger partial charge in [0.15, 0.2) is 0 Å². The summed E-state index contributed by atoms with van der Waals surface area (Å²) in [4.78, 5) is 2.19. The third kappa shape index (κ3) is 5.08. The van der Waals surface area contributed by atoms with Crippen LogP contribution in [0.4, 0.5) is 5.69 Å². The fraction of sp³-hybridized carbons (Fsp3) is 0.588. The zero-order valence-corrected chi connectivity index (χ0v) is 18.4. The molecule has 0 aliphatic carbocycles. The van der Waals surface area contributed by atoms with E-state index in [1.807, 2.05) is 0 Å². The summed E-state index contributed by atoms with van der Waals surface area (Å²) in [6.45, 7) is 13.7. The highest BCUT2D eigenvalue weighted by Gasteiger charge is 2.26. The molecule has 1 rings (SSSR count). The standard InChI is InChI=1S/C17H26Br2NP/c1-16(2,3)12-9-11(20(7)8)10-13(17(4,5)6)14(12)21-15(18)19/h9-10H,1-8H3. The van der Waals surface area contributed by atoms with Gasteiger partial charge < -0.3 is 4.90 Å². The summed E-state index contributed by atoms with van der Waals surface area (Å²) in [5, 5.41) is 1.41. The van der Waals surface area contributed by atoms with Gasteiger partial charge in [-0.05, 0) is 74.2 Å². The van der Waals surface area contributed by atoms with Crippen LogP contribution in [0.2, 0.25) is 0 Å². The maximum Gasteiger partial charge on any atom is 0.0878 e. The Balaban J connectivity index is 3.83. The van der Waals surface area contributed by atoms with Crippen LogP contribution in [0.1, 0.15) is 52.7 Å². The summed E-state index contributed by atoms with van der Waals surface area (Å²) in [7, 11) is 5.41. The summed E-state index contributed by atoms with van der Waals surface area (Å²) >= 11 is 7.14. The van der Waals surface area contributed by atoms with Gasteiger partial charge in [0.1, 0.15) is 0 Å². The number of halogens is 2. The molecule has 0 bridgehead atoms. The van der Waals surface area contributed by atoms with Gasteiger partial charge in [0.05, 0.1) is 3.11 Å². The Bertz CT molecular complexity index is 510. The monoisotopic (exact) mass is 433 g/mol. The van der Waals surface area contributed by atoms with Gasteiger partial charge in [-0.3, -0.25) is 0 Å². The van der Waals surface area contributed by atoms with Crippen molar-refractivity contribution >= 4 is 54.2 Å². The third-order valence-corrected chi connectivity index (χ3v) is 5.36. The minimum Gasteiger partial charge on any atom is -0.378 e. The maximum absolute atomic E-state index is 3.57. The molecule has 0 N–H and O–H groups in total. The van der Waals surface area contributed by atoms with E-state index in [9.17, 15) is 0 Å². The molecule has 0 saturated carbocycles. The van der Waals surface area contributed by atoms with Crippen LogP contribution in [0.15, 0.2) is 12.1 Å². The normalized spacial score (nSPS) is 12.7. The Morgan fingerprint density at radius 1 is 0.905 bits per heavy atom. The van der Waals surface area contributed by atoms with Gasteiger partial charge in [0.25, 0.3) is 0 Å². The fourth-order valence-electron chi connectivity index (χ4n) is 2.23. The first-order valence-electron chi connectivity index (χ1n) is 7.10. The summed E-state index contributed by atoms with van der Waals surface area (Å²) in [6.07, 6.45) is 0. The van der Waals surface area contributed by atoms with E-state index < -0.39 is 0 Å². The molecular formula is C17H26Br2NP. The predicted octanol–water partition coefficient (Wildman–Crippen LogP) is 5.80. The van der Waals surface area contributed by atoms with Crippen LogP contribution < -0.4 is 10.2 Å². The first kappa shape index (κ1) is 19.2. The van der Waals surface area contributed by atoms with E-state index in [1.54, 1.807) is 0 Å². The molecule has 0 radical (unpaired) electrons. The van der Waals surface area contributed by atoms with Gasteiger partial charge in [0, 0.05) is 25.1 Å². The zero-order valence-electron chi connectivity index (χ0n) is 14.3. The Morgan fingerprint density at radius 3 is 1.52 bits per heavy atom. The number of nitrogens with zero attached hydrogens (tertiary/aromatic N) is 1. The molecule has 0 saturated heterocycles. The van der Waals surface area contributed by atoms with Crippen LogP contribution in [-0.4, -0.2) is 17.2 Å². The first-order valence-corrected chi connectivity index (χ1v) is 9.58. The minimum absolute atomic E-state index is 0.115. The molecule has 0 amide bonds. The number of anilines is 1. The Labute approximate surface area is 148 Å². The van der Waals surface area contributed by atoms with Gasteiger partial charge in [-0.25, -0.2) is 0 Å². The maximum atomic E-state index is 3.57. The van der Waals surface area contributed by atoms with Gasteiger partial charge in [-0.2, -0.15) is 0 Å².